The molecular weight excluding hydrogens is 436 g/mol. The van der Waals surface area contributed by atoms with E-state index in [1.54, 1.807) is 38.6 Å². The van der Waals surface area contributed by atoms with Crippen LogP contribution in [0.4, 0.5) is 8.78 Å². The first-order valence-electron chi connectivity index (χ1n) is 10.6. The van der Waals surface area contributed by atoms with E-state index in [0.29, 0.717) is 28.4 Å². The molecule has 4 aromatic rings. The molecule has 0 bridgehead atoms. The summed E-state index contributed by atoms with van der Waals surface area (Å²) in [6.45, 7) is 0.569. The largest absolute Gasteiger partial charge is 0.434 e. The maximum Gasteiger partial charge on any atom is 0.387 e. The summed E-state index contributed by atoms with van der Waals surface area (Å²) in [5.74, 6) is 0.465. The molecule has 6 nitrogen and oxygen atoms in total. The van der Waals surface area contributed by atoms with Crippen LogP contribution in [0.3, 0.4) is 0 Å². The number of rotatable bonds is 5. The fourth-order valence-electron chi connectivity index (χ4n) is 4.59. The SMILES string of the molecule is Cc1cc(C2(c3cccc(-c4cnccn4)c3)N=C(N)c3ncccc32)cc(C)c1OC(F)F. The first-order chi connectivity index (χ1) is 16.4. The molecule has 1 atom stereocenters. The summed E-state index contributed by atoms with van der Waals surface area (Å²) in [6.07, 6.45) is 6.62. The summed E-state index contributed by atoms with van der Waals surface area (Å²) in [6, 6.07) is 15.2. The number of benzene rings is 2. The minimum atomic E-state index is -2.91. The lowest BCUT2D eigenvalue weighted by Crippen LogP contribution is -2.26. The van der Waals surface area contributed by atoms with Crippen LogP contribution in [-0.4, -0.2) is 27.4 Å². The van der Waals surface area contributed by atoms with Crippen molar-refractivity contribution in [2.45, 2.75) is 26.0 Å². The second-order valence-corrected chi connectivity index (χ2v) is 8.10. The molecule has 1 aliphatic rings. The van der Waals surface area contributed by atoms with Crippen LogP contribution in [-0.2, 0) is 5.54 Å². The molecular formula is C26H21F2N5O. The van der Waals surface area contributed by atoms with Crippen molar-refractivity contribution in [3.63, 3.8) is 0 Å². The maximum absolute atomic E-state index is 13.0. The molecule has 0 saturated carbocycles. The Labute approximate surface area is 195 Å². The zero-order valence-corrected chi connectivity index (χ0v) is 18.5. The highest BCUT2D eigenvalue weighted by Gasteiger charge is 2.44. The van der Waals surface area contributed by atoms with Crippen molar-refractivity contribution in [1.29, 1.82) is 0 Å². The van der Waals surface area contributed by atoms with Crippen molar-refractivity contribution in [2.24, 2.45) is 10.7 Å². The molecule has 34 heavy (non-hydrogen) atoms. The van der Waals surface area contributed by atoms with E-state index in [1.807, 2.05) is 48.5 Å². The second-order valence-electron chi connectivity index (χ2n) is 8.10. The van der Waals surface area contributed by atoms with Crippen LogP contribution in [0, 0.1) is 13.8 Å². The smallest absolute Gasteiger partial charge is 0.387 e. The normalized spacial score (nSPS) is 16.9. The molecule has 0 radical (unpaired) electrons. The minimum absolute atomic E-state index is 0.156. The molecule has 2 aromatic heterocycles. The number of ether oxygens (including phenoxy) is 1. The monoisotopic (exact) mass is 457 g/mol. The van der Waals surface area contributed by atoms with Crippen molar-refractivity contribution < 1.29 is 13.5 Å². The number of halogens is 2. The highest BCUT2D eigenvalue weighted by molar-refractivity contribution is 6.01. The van der Waals surface area contributed by atoms with Gasteiger partial charge in [0.25, 0.3) is 0 Å². The number of amidine groups is 1. The molecule has 0 aliphatic carbocycles. The van der Waals surface area contributed by atoms with Gasteiger partial charge in [0.1, 0.15) is 22.8 Å². The predicted octanol–water partition coefficient (Wildman–Crippen LogP) is 4.77. The minimum Gasteiger partial charge on any atom is -0.434 e. The number of fused-ring (bicyclic) bond motifs is 1. The highest BCUT2D eigenvalue weighted by Crippen LogP contribution is 2.47. The van der Waals surface area contributed by atoms with Gasteiger partial charge in [-0.3, -0.25) is 15.0 Å². The van der Waals surface area contributed by atoms with Crippen molar-refractivity contribution in [3.05, 3.63) is 107 Å². The number of alkyl halides is 2. The van der Waals surface area contributed by atoms with Crippen molar-refractivity contribution in [2.75, 3.05) is 0 Å². The van der Waals surface area contributed by atoms with E-state index in [0.717, 1.165) is 22.3 Å². The third-order valence-electron chi connectivity index (χ3n) is 5.95. The van der Waals surface area contributed by atoms with Crippen LogP contribution in [0.2, 0.25) is 0 Å². The van der Waals surface area contributed by atoms with E-state index >= 15 is 0 Å². The Hall–Kier alpha value is -4.20. The molecule has 0 spiro atoms. The fraction of sp³-hybridized carbons (Fsp3) is 0.154. The van der Waals surface area contributed by atoms with Crippen molar-refractivity contribution >= 4 is 5.84 Å². The standard InChI is InChI=1S/C26H21F2N5O/c1-15-11-19(12-16(2)23(15)34-25(27)28)26(20-7-4-8-32-22(20)24(29)33-26)18-6-3-5-17(13-18)21-14-30-9-10-31-21/h3-14,25H,1-2H3,(H2,29,33). The average Bonchev–Trinajstić information content (AvgIpc) is 3.15. The van der Waals surface area contributed by atoms with Crippen LogP contribution >= 0.6 is 0 Å². The zero-order chi connectivity index (χ0) is 23.9. The summed E-state index contributed by atoms with van der Waals surface area (Å²) in [5.41, 5.74) is 11.1. The fourth-order valence-corrected chi connectivity index (χ4v) is 4.59. The lowest BCUT2D eigenvalue weighted by Gasteiger charge is -2.30. The Balaban J connectivity index is 1.78. The Morgan fingerprint density at radius 2 is 1.71 bits per heavy atom. The van der Waals surface area contributed by atoms with Gasteiger partial charge in [0.05, 0.1) is 11.9 Å². The van der Waals surface area contributed by atoms with Crippen LogP contribution in [0.25, 0.3) is 11.3 Å². The van der Waals surface area contributed by atoms with E-state index in [-0.39, 0.29) is 5.75 Å². The van der Waals surface area contributed by atoms with Gasteiger partial charge in [0.15, 0.2) is 0 Å². The molecule has 3 heterocycles. The van der Waals surface area contributed by atoms with Crippen LogP contribution < -0.4 is 10.5 Å². The summed E-state index contributed by atoms with van der Waals surface area (Å²) >= 11 is 0. The summed E-state index contributed by atoms with van der Waals surface area (Å²) in [5, 5.41) is 0. The summed E-state index contributed by atoms with van der Waals surface area (Å²) in [4.78, 5) is 18.0. The van der Waals surface area contributed by atoms with E-state index in [9.17, 15) is 8.78 Å². The number of nitrogens with zero attached hydrogens (tertiary/aromatic N) is 4. The Kier molecular flexibility index (Phi) is 5.28. The molecule has 0 fully saturated rings. The van der Waals surface area contributed by atoms with Crippen molar-refractivity contribution in [1.82, 2.24) is 15.0 Å². The highest BCUT2D eigenvalue weighted by atomic mass is 19.3. The molecule has 2 aromatic carbocycles. The topological polar surface area (TPSA) is 86.3 Å². The van der Waals surface area contributed by atoms with Crippen LogP contribution in [0.5, 0.6) is 5.75 Å². The zero-order valence-electron chi connectivity index (χ0n) is 18.5. The van der Waals surface area contributed by atoms with Crippen LogP contribution in [0.15, 0.2) is 78.3 Å². The summed E-state index contributed by atoms with van der Waals surface area (Å²) in [7, 11) is 0. The molecule has 8 heteroatoms. The van der Waals surface area contributed by atoms with Gasteiger partial charge in [-0.05, 0) is 60.4 Å². The van der Waals surface area contributed by atoms with Gasteiger partial charge in [-0.1, -0.05) is 24.3 Å². The number of hydrogen-bond donors (Lipinski definition) is 1. The third kappa shape index (κ3) is 3.48. The van der Waals surface area contributed by atoms with Crippen LogP contribution in [0.1, 0.15) is 33.5 Å². The van der Waals surface area contributed by atoms with E-state index < -0.39 is 12.2 Å². The number of aliphatic imine (C=N–C) groups is 1. The molecule has 0 saturated heterocycles. The second kappa shape index (κ2) is 8.30. The van der Waals surface area contributed by atoms with Crippen molar-refractivity contribution in [3.8, 4) is 17.0 Å². The molecule has 0 amide bonds. The third-order valence-corrected chi connectivity index (χ3v) is 5.95. The van der Waals surface area contributed by atoms with Gasteiger partial charge >= 0.3 is 6.61 Å². The lowest BCUT2D eigenvalue weighted by molar-refractivity contribution is -0.0507. The first kappa shape index (κ1) is 21.6. The van der Waals surface area contributed by atoms with E-state index in [4.69, 9.17) is 15.5 Å². The van der Waals surface area contributed by atoms with Gasteiger partial charge in [-0.15, -0.1) is 0 Å². The predicted molar refractivity (Wildman–Crippen MR) is 125 cm³/mol. The Morgan fingerprint density at radius 1 is 0.912 bits per heavy atom. The molecule has 1 aliphatic heterocycles. The molecule has 170 valence electrons. The number of nitrogens with two attached hydrogens (primary N) is 1. The molecule has 2 N–H and O–H groups in total. The molecule has 1 unspecified atom stereocenters. The first-order valence-corrected chi connectivity index (χ1v) is 10.6. The average molecular weight is 457 g/mol. The quantitative estimate of drug-likeness (QED) is 0.467. The van der Waals surface area contributed by atoms with Gasteiger partial charge < -0.3 is 10.5 Å². The number of aromatic nitrogens is 3. The Bertz CT molecular complexity index is 1380. The number of hydrogen-bond acceptors (Lipinski definition) is 6. The number of pyridine rings is 1. The van der Waals surface area contributed by atoms with Gasteiger partial charge in [-0.2, -0.15) is 8.78 Å². The van der Waals surface area contributed by atoms with E-state index in [1.165, 1.54) is 0 Å². The lowest BCUT2D eigenvalue weighted by atomic mass is 9.77. The van der Waals surface area contributed by atoms with Gasteiger partial charge in [0.2, 0.25) is 0 Å². The number of aryl methyl sites for hydroxylation is 2. The van der Waals surface area contributed by atoms with Gasteiger partial charge in [0, 0.05) is 29.7 Å². The molecule has 5 rings (SSSR count). The Morgan fingerprint density at radius 3 is 2.41 bits per heavy atom. The van der Waals surface area contributed by atoms with Gasteiger partial charge in [-0.25, -0.2) is 4.99 Å². The van der Waals surface area contributed by atoms with E-state index in [2.05, 4.69) is 15.0 Å². The maximum atomic E-state index is 13.0. The summed E-state index contributed by atoms with van der Waals surface area (Å²) < 4.78 is 30.8.